The molecule has 1 unspecified atom stereocenters. The Bertz CT molecular complexity index is 1520. The Morgan fingerprint density at radius 2 is 1.73 bits per heavy atom. The largest absolute Gasteiger partial charge is 0.503 e. The fourth-order valence-corrected chi connectivity index (χ4v) is 4.47. The number of carbonyl (C=O) groups is 3. The quantitative estimate of drug-likeness (QED) is 0.285. The van der Waals surface area contributed by atoms with E-state index in [0.29, 0.717) is 28.1 Å². The topological polar surface area (TPSA) is 106 Å². The Hall–Kier alpha value is -4.85. The summed E-state index contributed by atoms with van der Waals surface area (Å²) in [4.78, 5) is 40.1. The lowest BCUT2D eigenvalue weighted by molar-refractivity contribution is -0.139. The molecule has 4 aromatic rings. The number of hydrogen-bond donors (Lipinski definition) is 1. The van der Waals surface area contributed by atoms with Crippen molar-refractivity contribution in [3.63, 3.8) is 0 Å². The van der Waals surface area contributed by atoms with Crippen molar-refractivity contribution in [3.8, 4) is 5.75 Å². The fraction of sp³-hybridized carbons (Fsp3) is 0.138. The molecule has 186 valence electrons. The molecule has 0 saturated carbocycles. The fourth-order valence-electron chi connectivity index (χ4n) is 4.47. The van der Waals surface area contributed by atoms with Gasteiger partial charge in [0, 0.05) is 11.1 Å². The normalized spacial score (nSPS) is 15.4. The third kappa shape index (κ3) is 4.33. The molecule has 5 rings (SSSR count). The Morgan fingerprint density at radius 1 is 0.973 bits per heavy atom. The summed E-state index contributed by atoms with van der Waals surface area (Å²) in [5, 5.41) is 11.7. The second-order valence-electron chi connectivity index (χ2n) is 8.51. The van der Waals surface area contributed by atoms with Gasteiger partial charge in [0.1, 0.15) is 11.3 Å². The van der Waals surface area contributed by atoms with E-state index in [2.05, 4.69) is 0 Å². The van der Waals surface area contributed by atoms with Crippen molar-refractivity contribution >= 4 is 34.3 Å². The van der Waals surface area contributed by atoms with E-state index < -0.39 is 29.5 Å². The molecule has 0 saturated heterocycles. The maximum absolute atomic E-state index is 13.7. The van der Waals surface area contributed by atoms with Gasteiger partial charge < -0.3 is 19.0 Å². The highest BCUT2D eigenvalue weighted by molar-refractivity contribution is 6.20. The number of esters is 1. The van der Waals surface area contributed by atoms with Crippen LogP contribution in [0, 0.1) is 0 Å². The maximum Gasteiger partial charge on any atom is 0.309 e. The van der Waals surface area contributed by atoms with Crippen molar-refractivity contribution in [1.29, 1.82) is 0 Å². The van der Waals surface area contributed by atoms with Gasteiger partial charge in [0.2, 0.25) is 5.78 Å². The minimum atomic E-state index is -0.949. The number of rotatable bonds is 7. The number of ketones is 1. The van der Waals surface area contributed by atoms with Crippen LogP contribution in [-0.2, 0) is 20.7 Å². The average molecular weight is 498 g/mol. The van der Waals surface area contributed by atoms with Gasteiger partial charge in [-0.15, -0.1) is 0 Å². The van der Waals surface area contributed by atoms with Crippen LogP contribution in [0.15, 0.2) is 94.6 Å². The van der Waals surface area contributed by atoms with Gasteiger partial charge in [0.15, 0.2) is 11.5 Å². The number of aliphatic hydroxyl groups excluding tert-OH is 1. The van der Waals surface area contributed by atoms with Crippen LogP contribution in [0.3, 0.4) is 0 Å². The molecule has 2 heterocycles. The number of aliphatic hydroxyl groups is 1. The number of carbonyl (C=O) groups excluding carboxylic acids is 3. The molecule has 8 nitrogen and oxygen atoms in total. The molecule has 0 aliphatic carbocycles. The number of amides is 1. The van der Waals surface area contributed by atoms with Crippen molar-refractivity contribution in [1.82, 2.24) is 0 Å². The van der Waals surface area contributed by atoms with Crippen LogP contribution in [0.2, 0.25) is 0 Å². The summed E-state index contributed by atoms with van der Waals surface area (Å²) in [5.74, 6) is -1.83. The van der Waals surface area contributed by atoms with Crippen LogP contribution in [0.1, 0.15) is 27.7 Å². The van der Waals surface area contributed by atoms with Crippen molar-refractivity contribution in [2.45, 2.75) is 12.5 Å². The van der Waals surface area contributed by atoms with E-state index in [0.717, 1.165) is 5.39 Å². The minimum absolute atomic E-state index is 0.0127. The zero-order chi connectivity index (χ0) is 26.1. The number of anilines is 1. The van der Waals surface area contributed by atoms with Gasteiger partial charge >= 0.3 is 5.97 Å². The van der Waals surface area contributed by atoms with E-state index in [1.54, 1.807) is 66.7 Å². The number of benzene rings is 3. The molecule has 1 aliphatic rings. The Labute approximate surface area is 212 Å². The third-order valence-corrected chi connectivity index (χ3v) is 6.30. The molecule has 3 aromatic carbocycles. The predicted molar refractivity (Wildman–Crippen MR) is 136 cm³/mol. The van der Waals surface area contributed by atoms with Gasteiger partial charge in [0.25, 0.3) is 5.91 Å². The molecule has 0 bridgehead atoms. The van der Waals surface area contributed by atoms with Crippen LogP contribution in [-0.4, -0.2) is 37.0 Å². The summed E-state index contributed by atoms with van der Waals surface area (Å²) in [6, 6.07) is 21.5. The Kier molecular flexibility index (Phi) is 6.23. The summed E-state index contributed by atoms with van der Waals surface area (Å²) in [6.45, 7) is 0. The first kappa shape index (κ1) is 23.9. The summed E-state index contributed by atoms with van der Waals surface area (Å²) in [5.41, 5.74) is 2.11. The van der Waals surface area contributed by atoms with Gasteiger partial charge in [0.05, 0.1) is 32.3 Å². The van der Waals surface area contributed by atoms with E-state index in [9.17, 15) is 19.5 Å². The van der Waals surface area contributed by atoms with Gasteiger partial charge in [-0.1, -0.05) is 42.5 Å². The standard InChI is InChI=1S/C29H23NO7/c1-35-21-8-5-7-19(15-21)26-25(27(32)23-16-18-6-3-4-9-22(18)37-23)28(33)29(34)30(26)20-12-10-17(11-13-20)14-24(31)36-2/h3-13,15-16,26,33H,14H2,1-2H3. The van der Waals surface area contributed by atoms with Gasteiger partial charge in [-0.25, -0.2) is 0 Å². The first-order valence-electron chi connectivity index (χ1n) is 11.5. The van der Waals surface area contributed by atoms with Crippen molar-refractivity contribution in [2.24, 2.45) is 0 Å². The number of methoxy groups -OCH3 is 2. The maximum atomic E-state index is 13.7. The van der Waals surface area contributed by atoms with Crippen LogP contribution in [0.4, 0.5) is 5.69 Å². The van der Waals surface area contributed by atoms with Crippen LogP contribution < -0.4 is 9.64 Å². The summed E-state index contributed by atoms with van der Waals surface area (Å²) >= 11 is 0. The molecule has 0 fully saturated rings. The smallest absolute Gasteiger partial charge is 0.309 e. The molecule has 1 aliphatic heterocycles. The van der Waals surface area contributed by atoms with Gasteiger partial charge in [-0.2, -0.15) is 0 Å². The first-order chi connectivity index (χ1) is 17.9. The number of nitrogens with zero attached hydrogens (tertiary/aromatic N) is 1. The average Bonchev–Trinajstić information content (AvgIpc) is 3.48. The molecule has 37 heavy (non-hydrogen) atoms. The Balaban J connectivity index is 1.60. The third-order valence-electron chi connectivity index (χ3n) is 6.30. The highest BCUT2D eigenvalue weighted by Gasteiger charge is 2.45. The summed E-state index contributed by atoms with van der Waals surface area (Å²) in [6.07, 6.45) is 0.0727. The molecule has 1 N–H and O–H groups in total. The molecular weight excluding hydrogens is 474 g/mol. The molecule has 1 aromatic heterocycles. The van der Waals surface area contributed by atoms with E-state index in [-0.39, 0.29) is 17.8 Å². The number of para-hydroxylation sites is 1. The number of Topliss-reactive ketones (excluding diaryl/α,β-unsaturated/α-hetero) is 1. The lowest BCUT2D eigenvalue weighted by Crippen LogP contribution is -2.31. The predicted octanol–water partition coefficient (Wildman–Crippen LogP) is 4.94. The van der Waals surface area contributed by atoms with E-state index >= 15 is 0 Å². The second kappa shape index (κ2) is 9.66. The van der Waals surface area contributed by atoms with Crippen LogP contribution in [0.25, 0.3) is 11.0 Å². The van der Waals surface area contributed by atoms with Crippen molar-refractivity contribution in [3.05, 3.63) is 107 Å². The molecule has 0 spiro atoms. The number of furan rings is 1. The molecule has 8 heteroatoms. The van der Waals surface area contributed by atoms with Crippen molar-refractivity contribution in [2.75, 3.05) is 19.1 Å². The van der Waals surface area contributed by atoms with E-state index in [1.807, 2.05) is 12.1 Å². The summed E-state index contributed by atoms with van der Waals surface area (Å²) in [7, 11) is 2.83. The molecule has 0 radical (unpaired) electrons. The number of hydrogen-bond acceptors (Lipinski definition) is 7. The molecule has 1 amide bonds. The zero-order valence-electron chi connectivity index (χ0n) is 20.1. The lowest BCUT2D eigenvalue weighted by Gasteiger charge is -2.27. The van der Waals surface area contributed by atoms with Crippen LogP contribution in [0.5, 0.6) is 5.75 Å². The number of fused-ring (bicyclic) bond motifs is 1. The lowest BCUT2D eigenvalue weighted by atomic mass is 9.94. The monoisotopic (exact) mass is 497 g/mol. The molecular formula is C29H23NO7. The van der Waals surface area contributed by atoms with Gasteiger partial charge in [-0.05, 0) is 47.5 Å². The van der Waals surface area contributed by atoms with Crippen molar-refractivity contribution < 1.29 is 33.4 Å². The number of ether oxygens (including phenoxy) is 2. The molecule has 1 atom stereocenters. The SMILES string of the molecule is COC(=O)Cc1ccc(N2C(=O)C(O)=C(C(=O)c3cc4ccccc4o3)C2c2cccc(OC)c2)cc1. The second-order valence-corrected chi connectivity index (χ2v) is 8.51. The van der Waals surface area contributed by atoms with E-state index in [1.165, 1.54) is 19.1 Å². The highest BCUT2D eigenvalue weighted by Crippen LogP contribution is 2.43. The van der Waals surface area contributed by atoms with E-state index in [4.69, 9.17) is 13.9 Å². The summed E-state index contributed by atoms with van der Waals surface area (Å²) < 4.78 is 15.8. The van der Waals surface area contributed by atoms with Crippen LogP contribution >= 0.6 is 0 Å². The zero-order valence-corrected chi connectivity index (χ0v) is 20.1. The first-order valence-corrected chi connectivity index (χ1v) is 11.5. The van der Waals surface area contributed by atoms with Gasteiger partial charge in [-0.3, -0.25) is 19.3 Å². The highest BCUT2D eigenvalue weighted by atomic mass is 16.5. The Morgan fingerprint density at radius 3 is 2.43 bits per heavy atom. The minimum Gasteiger partial charge on any atom is -0.503 e.